The van der Waals surface area contributed by atoms with Crippen molar-refractivity contribution in [1.82, 2.24) is 9.55 Å². The molecule has 170 valence electrons. The van der Waals surface area contributed by atoms with Crippen LogP contribution in [0.25, 0.3) is 0 Å². The van der Waals surface area contributed by atoms with Crippen molar-refractivity contribution in [3.8, 4) is 0 Å². The number of nitrogens with one attached hydrogen (secondary N) is 1. The summed E-state index contributed by atoms with van der Waals surface area (Å²) in [6, 6.07) is 4.38. The molecular weight excluding hydrogens is 437 g/mol. The van der Waals surface area contributed by atoms with E-state index >= 15 is 0 Å². The molecule has 2 aromatic rings. The molecule has 1 aliphatic heterocycles. The van der Waals surface area contributed by atoms with Crippen molar-refractivity contribution in [3.05, 3.63) is 29.6 Å². The van der Waals surface area contributed by atoms with Crippen LogP contribution in [0.1, 0.15) is 24.2 Å². The lowest BCUT2D eigenvalue weighted by atomic mass is 10.2. The van der Waals surface area contributed by atoms with Crippen molar-refractivity contribution in [2.75, 3.05) is 22.7 Å². The maximum Gasteiger partial charge on any atom is 0.516 e. The van der Waals surface area contributed by atoms with Crippen LogP contribution in [-0.2, 0) is 30.2 Å². The normalized spacial score (nSPS) is 15.2. The Bertz CT molecular complexity index is 1080. The first-order chi connectivity index (χ1) is 14.6. The van der Waals surface area contributed by atoms with Crippen LogP contribution in [-0.4, -0.2) is 36.6 Å². The molecule has 5 N–H and O–H groups in total. The van der Waals surface area contributed by atoms with E-state index in [1.165, 1.54) is 12.1 Å². The van der Waals surface area contributed by atoms with Gasteiger partial charge in [-0.2, -0.15) is 21.6 Å². The van der Waals surface area contributed by atoms with Gasteiger partial charge in [0.2, 0.25) is 5.95 Å². The molecule has 0 unspecified atom stereocenters. The predicted molar refractivity (Wildman–Crippen MR) is 110 cm³/mol. The number of benzene rings is 1. The van der Waals surface area contributed by atoms with Crippen LogP contribution in [0.15, 0.2) is 28.4 Å². The Hall–Kier alpha value is -2.71. The molecule has 1 aliphatic rings. The molecular formula is C17H23F3N8O2S. The number of hydrogen-bond donors (Lipinski definition) is 3. The smallest absolute Gasteiger partial charge is 0.371 e. The highest BCUT2D eigenvalue weighted by molar-refractivity contribution is 7.93. The third-order valence-electron chi connectivity index (χ3n) is 4.91. The number of hydrogen-bond acceptors (Lipinski definition) is 8. The highest BCUT2D eigenvalue weighted by atomic mass is 32.2. The van der Waals surface area contributed by atoms with Crippen LogP contribution < -0.4 is 21.1 Å². The summed E-state index contributed by atoms with van der Waals surface area (Å²) >= 11 is 0. The monoisotopic (exact) mass is 460 g/mol. The molecule has 0 amide bonds. The number of alkyl halides is 3. The summed E-state index contributed by atoms with van der Waals surface area (Å²) < 4.78 is 65.3. The van der Waals surface area contributed by atoms with E-state index in [0.29, 0.717) is 17.1 Å². The van der Waals surface area contributed by atoms with Gasteiger partial charge < -0.3 is 20.9 Å². The minimum Gasteiger partial charge on any atom is -0.371 e. The number of rotatable bonds is 7. The van der Waals surface area contributed by atoms with Crippen LogP contribution >= 0.6 is 0 Å². The Labute approximate surface area is 177 Å². The summed E-state index contributed by atoms with van der Waals surface area (Å²) in [5.74, 6) is 0.133. The highest BCUT2D eigenvalue weighted by Crippen LogP contribution is 2.35. The second-order valence-electron chi connectivity index (χ2n) is 6.92. The molecule has 2 heterocycles. The second-order valence-corrected chi connectivity index (χ2v) is 8.59. The number of sulfonamides is 1. The minimum absolute atomic E-state index is 0.0950. The largest absolute Gasteiger partial charge is 0.516 e. The molecule has 10 nitrogen and oxygen atoms in total. The van der Waals surface area contributed by atoms with Gasteiger partial charge in [-0.15, -0.1) is 10.2 Å². The number of anilines is 2. The van der Waals surface area contributed by atoms with Crippen molar-refractivity contribution < 1.29 is 21.6 Å². The number of halogens is 3. The zero-order valence-electron chi connectivity index (χ0n) is 16.7. The number of azo groups is 1. The lowest BCUT2D eigenvalue weighted by Gasteiger charge is -2.20. The molecule has 1 saturated heterocycles. The summed E-state index contributed by atoms with van der Waals surface area (Å²) in [5.41, 5.74) is 7.15. The third-order valence-corrected chi connectivity index (χ3v) is 6.01. The predicted octanol–water partition coefficient (Wildman–Crippen LogP) is 2.61. The van der Waals surface area contributed by atoms with Gasteiger partial charge in [0.1, 0.15) is 5.69 Å². The fourth-order valence-electron chi connectivity index (χ4n) is 3.25. The van der Waals surface area contributed by atoms with Gasteiger partial charge in [0, 0.05) is 38.9 Å². The topological polar surface area (TPSA) is 144 Å². The van der Waals surface area contributed by atoms with Gasteiger partial charge in [0.15, 0.2) is 0 Å². The molecule has 1 aromatic heterocycles. The van der Waals surface area contributed by atoms with Gasteiger partial charge in [0.05, 0.1) is 17.1 Å². The Morgan fingerprint density at radius 3 is 2.39 bits per heavy atom. The van der Waals surface area contributed by atoms with Gasteiger partial charge in [-0.1, -0.05) is 0 Å². The molecule has 1 fully saturated rings. The fraction of sp³-hybridized carbons (Fsp3) is 0.471. The summed E-state index contributed by atoms with van der Waals surface area (Å²) in [6.07, 6.45) is 1.88. The zero-order valence-corrected chi connectivity index (χ0v) is 17.5. The van der Waals surface area contributed by atoms with E-state index < -0.39 is 15.5 Å². The summed E-state index contributed by atoms with van der Waals surface area (Å²) in [5, 5.41) is 7.91. The van der Waals surface area contributed by atoms with Crippen LogP contribution in [0, 0.1) is 0 Å². The number of aromatic nitrogens is 2. The Balaban J connectivity index is 2.01. The Morgan fingerprint density at radius 2 is 1.84 bits per heavy atom. The van der Waals surface area contributed by atoms with Gasteiger partial charge in [-0.3, -0.25) is 4.72 Å². The molecule has 0 bridgehead atoms. The highest BCUT2D eigenvalue weighted by Gasteiger charge is 2.46. The molecule has 0 saturated carbocycles. The average molecular weight is 460 g/mol. The molecule has 14 heteroatoms. The summed E-state index contributed by atoms with van der Waals surface area (Å²) in [7, 11) is -3.99. The average Bonchev–Trinajstić information content (AvgIpc) is 3.34. The van der Waals surface area contributed by atoms with E-state index in [1.807, 2.05) is 4.90 Å². The maximum absolute atomic E-state index is 12.9. The van der Waals surface area contributed by atoms with Crippen molar-refractivity contribution in [2.45, 2.75) is 31.4 Å². The second kappa shape index (κ2) is 8.80. The molecule has 0 radical (unpaired) electrons. The van der Waals surface area contributed by atoms with Crippen LogP contribution in [0.2, 0.25) is 0 Å². The number of nitrogens with zero attached hydrogens (tertiary/aromatic N) is 5. The standard InChI is InChI=1S/C17H23F3N8O2S/c1-27-15(10-22)14(9-21)23-16(27)25-24-12-5-4-11(28-6-2-3-7-28)8-13(12)26-31(29,30)17(18,19)20/h4-5,8,26H,2-3,6-7,9-10,21-22H2,1H3. The van der Waals surface area contributed by atoms with E-state index in [0.717, 1.165) is 25.9 Å². The first kappa shape index (κ1) is 23.0. The molecule has 0 spiro atoms. The summed E-state index contributed by atoms with van der Waals surface area (Å²) in [6.45, 7) is 1.73. The Kier molecular flexibility index (Phi) is 6.52. The van der Waals surface area contributed by atoms with E-state index in [4.69, 9.17) is 11.5 Å². The molecule has 1 aromatic carbocycles. The molecule has 31 heavy (non-hydrogen) atoms. The number of imidazole rings is 1. The van der Waals surface area contributed by atoms with Crippen molar-refractivity contribution in [3.63, 3.8) is 0 Å². The number of nitrogens with two attached hydrogens (primary N) is 2. The summed E-state index contributed by atoms with van der Waals surface area (Å²) in [4.78, 5) is 6.16. The lowest BCUT2D eigenvalue weighted by Crippen LogP contribution is -2.30. The van der Waals surface area contributed by atoms with E-state index in [1.54, 1.807) is 22.4 Å². The van der Waals surface area contributed by atoms with E-state index in [2.05, 4.69) is 15.2 Å². The fourth-order valence-corrected chi connectivity index (χ4v) is 3.82. The molecule has 0 atom stereocenters. The third kappa shape index (κ3) is 4.80. The van der Waals surface area contributed by atoms with Crippen molar-refractivity contribution in [2.24, 2.45) is 28.7 Å². The molecule has 3 rings (SSSR count). The lowest BCUT2D eigenvalue weighted by molar-refractivity contribution is -0.0429. The quantitative estimate of drug-likeness (QED) is 0.542. The maximum atomic E-state index is 12.9. The van der Waals surface area contributed by atoms with E-state index in [-0.39, 0.29) is 30.4 Å². The van der Waals surface area contributed by atoms with Crippen LogP contribution in [0.4, 0.5) is 36.2 Å². The van der Waals surface area contributed by atoms with Gasteiger partial charge >= 0.3 is 15.5 Å². The van der Waals surface area contributed by atoms with Crippen molar-refractivity contribution >= 4 is 33.0 Å². The van der Waals surface area contributed by atoms with Crippen molar-refractivity contribution in [1.29, 1.82) is 0 Å². The van der Waals surface area contributed by atoms with Crippen LogP contribution in [0.5, 0.6) is 0 Å². The SMILES string of the molecule is Cn1c(N=Nc2ccc(N3CCCC3)cc2NS(=O)(=O)C(F)(F)F)nc(CN)c1CN. The van der Waals surface area contributed by atoms with Gasteiger partial charge in [-0.25, -0.2) is 4.98 Å². The van der Waals surface area contributed by atoms with E-state index in [9.17, 15) is 21.6 Å². The van der Waals surface area contributed by atoms with Gasteiger partial charge in [0.25, 0.3) is 0 Å². The zero-order chi connectivity index (χ0) is 22.8. The Morgan fingerprint density at radius 1 is 1.16 bits per heavy atom. The molecule has 0 aliphatic carbocycles. The first-order valence-electron chi connectivity index (χ1n) is 9.42. The van der Waals surface area contributed by atoms with Crippen LogP contribution in [0.3, 0.4) is 0 Å². The minimum atomic E-state index is -5.64. The van der Waals surface area contributed by atoms with Gasteiger partial charge in [-0.05, 0) is 31.0 Å². The first-order valence-corrected chi connectivity index (χ1v) is 10.9.